The summed E-state index contributed by atoms with van der Waals surface area (Å²) in [5.74, 6) is 0. The maximum Gasteiger partial charge on any atom is 0.169 e. The van der Waals surface area contributed by atoms with E-state index < -0.39 is 0 Å². The number of fused-ring (bicyclic) bond motifs is 3. The third-order valence-corrected chi connectivity index (χ3v) is 4.50. The van der Waals surface area contributed by atoms with Crippen LogP contribution in [-0.4, -0.2) is 11.7 Å². The van der Waals surface area contributed by atoms with E-state index in [1.165, 1.54) is 16.1 Å². The van der Waals surface area contributed by atoms with Gasteiger partial charge in [-0.25, -0.2) is 0 Å². The first kappa shape index (κ1) is 10.2. The number of nitrogens with zero attached hydrogens (tertiary/aromatic N) is 2. The molecule has 0 saturated heterocycles. The largest absolute Gasteiger partial charge is 0.310 e. The van der Waals surface area contributed by atoms with Crippen LogP contribution in [0.5, 0.6) is 0 Å². The van der Waals surface area contributed by atoms with Gasteiger partial charge in [-0.3, -0.25) is 4.99 Å². The fourth-order valence-electron chi connectivity index (χ4n) is 2.58. The SMILES string of the molecule is c1ccc([C@H]2CN=C3Sc4ccccc4N32)cc1. The van der Waals surface area contributed by atoms with Crippen molar-refractivity contribution in [2.45, 2.75) is 10.9 Å². The Morgan fingerprint density at radius 3 is 2.67 bits per heavy atom. The lowest BCUT2D eigenvalue weighted by atomic mass is 10.1. The molecular weight excluding hydrogens is 240 g/mol. The van der Waals surface area contributed by atoms with Crippen LogP contribution in [0.15, 0.2) is 64.5 Å². The van der Waals surface area contributed by atoms with Gasteiger partial charge in [-0.05, 0) is 29.5 Å². The molecule has 88 valence electrons. The van der Waals surface area contributed by atoms with Crippen molar-refractivity contribution in [2.24, 2.45) is 4.99 Å². The van der Waals surface area contributed by atoms with Gasteiger partial charge in [0.05, 0.1) is 18.3 Å². The normalized spacial score (nSPS) is 20.6. The molecule has 0 fully saturated rings. The number of thioether (sulfide) groups is 1. The molecule has 0 aliphatic carbocycles. The maximum atomic E-state index is 4.68. The van der Waals surface area contributed by atoms with Gasteiger partial charge in [-0.15, -0.1) is 0 Å². The van der Waals surface area contributed by atoms with Crippen molar-refractivity contribution >= 4 is 22.6 Å². The number of benzene rings is 2. The highest BCUT2D eigenvalue weighted by Gasteiger charge is 2.36. The van der Waals surface area contributed by atoms with Gasteiger partial charge >= 0.3 is 0 Å². The first-order chi connectivity index (χ1) is 8.93. The quantitative estimate of drug-likeness (QED) is 0.769. The van der Waals surface area contributed by atoms with Crippen molar-refractivity contribution in [1.29, 1.82) is 0 Å². The fraction of sp³-hybridized carbons (Fsp3) is 0.133. The predicted molar refractivity (Wildman–Crippen MR) is 76.3 cm³/mol. The molecule has 1 atom stereocenters. The average Bonchev–Trinajstić information content (AvgIpc) is 2.98. The number of hydrogen-bond donors (Lipinski definition) is 0. The molecule has 0 saturated carbocycles. The molecule has 2 aromatic carbocycles. The molecule has 0 radical (unpaired) electrons. The number of aliphatic imine (C=N–C) groups is 1. The van der Waals surface area contributed by atoms with Gasteiger partial charge in [-0.1, -0.05) is 42.5 Å². The van der Waals surface area contributed by atoms with Gasteiger partial charge in [-0.2, -0.15) is 0 Å². The van der Waals surface area contributed by atoms with Crippen LogP contribution in [0.25, 0.3) is 0 Å². The molecule has 2 heterocycles. The van der Waals surface area contributed by atoms with Gasteiger partial charge in [0.1, 0.15) is 0 Å². The number of amidine groups is 1. The van der Waals surface area contributed by atoms with Crippen LogP contribution in [0.1, 0.15) is 11.6 Å². The summed E-state index contributed by atoms with van der Waals surface area (Å²) in [6.45, 7) is 0.862. The minimum absolute atomic E-state index is 0.359. The monoisotopic (exact) mass is 252 g/mol. The fourth-order valence-corrected chi connectivity index (χ4v) is 3.66. The Balaban J connectivity index is 1.79. The highest BCUT2D eigenvalue weighted by molar-refractivity contribution is 8.14. The van der Waals surface area contributed by atoms with E-state index in [2.05, 4.69) is 64.5 Å². The van der Waals surface area contributed by atoms with Crippen molar-refractivity contribution in [3.8, 4) is 0 Å². The Hall–Kier alpha value is -1.74. The van der Waals surface area contributed by atoms with E-state index >= 15 is 0 Å². The second-order valence-corrected chi connectivity index (χ2v) is 5.50. The van der Waals surface area contributed by atoms with Crippen LogP contribution < -0.4 is 4.90 Å². The van der Waals surface area contributed by atoms with E-state index in [-0.39, 0.29) is 0 Å². The molecule has 2 aliphatic rings. The van der Waals surface area contributed by atoms with Gasteiger partial charge < -0.3 is 4.90 Å². The third-order valence-electron chi connectivity index (χ3n) is 3.43. The summed E-state index contributed by atoms with van der Waals surface area (Å²) in [6.07, 6.45) is 0. The highest BCUT2D eigenvalue weighted by atomic mass is 32.2. The topological polar surface area (TPSA) is 15.6 Å². The van der Waals surface area contributed by atoms with E-state index in [9.17, 15) is 0 Å². The molecule has 4 rings (SSSR count). The van der Waals surface area contributed by atoms with Crippen LogP contribution in [0.3, 0.4) is 0 Å². The van der Waals surface area contributed by atoms with Crippen molar-refractivity contribution < 1.29 is 0 Å². The van der Waals surface area contributed by atoms with Gasteiger partial charge in [0.25, 0.3) is 0 Å². The summed E-state index contributed by atoms with van der Waals surface area (Å²) < 4.78 is 0. The minimum atomic E-state index is 0.359. The van der Waals surface area contributed by atoms with Crippen molar-refractivity contribution in [3.05, 3.63) is 60.2 Å². The van der Waals surface area contributed by atoms with Crippen molar-refractivity contribution in [2.75, 3.05) is 11.4 Å². The molecule has 0 bridgehead atoms. The standard InChI is InChI=1S/C15H12N2S/c1-2-6-11(7-3-1)13-10-16-15-17(13)12-8-4-5-9-14(12)18-15/h1-9,13H,10H2/t13-/m1/s1. The molecule has 3 heteroatoms. The zero-order valence-corrected chi connectivity index (χ0v) is 10.6. The van der Waals surface area contributed by atoms with Crippen molar-refractivity contribution in [3.63, 3.8) is 0 Å². The van der Waals surface area contributed by atoms with E-state index in [0.717, 1.165) is 11.7 Å². The van der Waals surface area contributed by atoms with Gasteiger partial charge in [0, 0.05) is 4.90 Å². The van der Waals surface area contributed by atoms with Crippen LogP contribution in [-0.2, 0) is 0 Å². The Morgan fingerprint density at radius 2 is 1.78 bits per heavy atom. The number of para-hydroxylation sites is 1. The number of rotatable bonds is 1. The third kappa shape index (κ3) is 1.40. The molecule has 2 aromatic rings. The number of anilines is 1. The zero-order chi connectivity index (χ0) is 11.9. The molecule has 0 N–H and O–H groups in total. The predicted octanol–water partition coefficient (Wildman–Crippen LogP) is 3.71. The Labute approximate surface area is 110 Å². The maximum absolute atomic E-state index is 4.68. The highest BCUT2D eigenvalue weighted by Crippen LogP contribution is 2.47. The average molecular weight is 252 g/mol. The van der Waals surface area contributed by atoms with E-state index in [1.807, 2.05) is 0 Å². The molecule has 0 amide bonds. The summed E-state index contributed by atoms with van der Waals surface area (Å²) in [6, 6.07) is 19.5. The van der Waals surface area contributed by atoms with Gasteiger partial charge in [0.2, 0.25) is 0 Å². The molecule has 2 aliphatic heterocycles. The molecule has 0 aromatic heterocycles. The second kappa shape index (κ2) is 3.89. The summed E-state index contributed by atoms with van der Waals surface area (Å²) in [4.78, 5) is 8.36. The van der Waals surface area contributed by atoms with Crippen molar-refractivity contribution in [1.82, 2.24) is 0 Å². The molecule has 0 unspecified atom stereocenters. The smallest absolute Gasteiger partial charge is 0.169 e. The number of hydrogen-bond acceptors (Lipinski definition) is 3. The van der Waals surface area contributed by atoms with E-state index in [0.29, 0.717) is 6.04 Å². The van der Waals surface area contributed by atoms with E-state index in [1.54, 1.807) is 11.8 Å². The lowest BCUT2D eigenvalue weighted by Gasteiger charge is -2.23. The Kier molecular flexibility index (Phi) is 2.20. The van der Waals surface area contributed by atoms with Crippen LogP contribution >= 0.6 is 11.8 Å². The summed E-state index contributed by atoms with van der Waals surface area (Å²) in [5, 5.41) is 1.14. The Bertz CT molecular complexity index is 621. The zero-order valence-electron chi connectivity index (χ0n) is 9.78. The first-order valence-corrected chi connectivity index (χ1v) is 6.90. The molecule has 2 nitrogen and oxygen atoms in total. The lowest BCUT2D eigenvalue weighted by Crippen LogP contribution is -2.25. The van der Waals surface area contributed by atoms with Crippen LogP contribution in [0.4, 0.5) is 5.69 Å². The lowest BCUT2D eigenvalue weighted by molar-refractivity contribution is 0.768. The van der Waals surface area contributed by atoms with Crippen LogP contribution in [0.2, 0.25) is 0 Å². The molecule has 0 spiro atoms. The summed E-state index contributed by atoms with van der Waals surface area (Å²) in [5.41, 5.74) is 2.64. The molecule has 18 heavy (non-hydrogen) atoms. The van der Waals surface area contributed by atoms with E-state index in [4.69, 9.17) is 0 Å². The second-order valence-electron chi connectivity index (χ2n) is 4.49. The van der Waals surface area contributed by atoms with Crippen LogP contribution in [0, 0.1) is 0 Å². The Morgan fingerprint density at radius 1 is 1.00 bits per heavy atom. The first-order valence-electron chi connectivity index (χ1n) is 6.09. The van der Waals surface area contributed by atoms with Gasteiger partial charge in [0.15, 0.2) is 5.17 Å². The molecular formula is C15H12N2S. The summed E-state index contributed by atoms with van der Waals surface area (Å²) in [7, 11) is 0. The minimum Gasteiger partial charge on any atom is -0.310 e. The summed E-state index contributed by atoms with van der Waals surface area (Å²) >= 11 is 1.78.